The van der Waals surface area contributed by atoms with Crippen molar-refractivity contribution in [3.05, 3.63) is 57.5 Å². The molecule has 0 atom stereocenters. The van der Waals surface area contributed by atoms with Gasteiger partial charge in [0.2, 0.25) is 0 Å². The van der Waals surface area contributed by atoms with E-state index in [-0.39, 0.29) is 11.5 Å². The maximum absolute atomic E-state index is 12.9. The molecule has 0 fully saturated rings. The predicted octanol–water partition coefficient (Wildman–Crippen LogP) is 2.52. The summed E-state index contributed by atoms with van der Waals surface area (Å²) in [6, 6.07) is 8.99. The number of ether oxygens (including phenoxy) is 2. The zero-order chi connectivity index (χ0) is 18.5. The lowest BCUT2D eigenvalue weighted by Crippen LogP contribution is -2.33. The molecule has 138 valence electrons. The summed E-state index contributed by atoms with van der Waals surface area (Å²) >= 11 is 0. The molecule has 2 heterocycles. The van der Waals surface area contributed by atoms with Gasteiger partial charge in [0.15, 0.2) is 0 Å². The van der Waals surface area contributed by atoms with Gasteiger partial charge in [-0.25, -0.2) is 0 Å². The summed E-state index contributed by atoms with van der Waals surface area (Å²) in [5.74, 6) is 0.895. The van der Waals surface area contributed by atoms with Crippen molar-refractivity contribution in [2.75, 3.05) is 13.7 Å². The molecule has 26 heavy (non-hydrogen) atoms. The topological polar surface area (TPSA) is 69.6 Å². The van der Waals surface area contributed by atoms with E-state index in [0.29, 0.717) is 37.4 Å². The van der Waals surface area contributed by atoms with Crippen LogP contribution in [0.4, 0.5) is 0 Å². The minimum absolute atomic E-state index is 0.104. The molecule has 1 aromatic carbocycles. The molecule has 6 nitrogen and oxygen atoms in total. The third kappa shape index (κ3) is 3.74. The lowest BCUT2D eigenvalue weighted by atomic mass is 10.0. The second-order valence-corrected chi connectivity index (χ2v) is 6.24. The number of amides is 1. The molecular weight excluding hydrogens is 332 g/mol. The Labute approximate surface area is 152 Å². The highest BCUT2D eigenvalue weighted by Crippen LogP contribution is 2.25. The summed E-state index contributed by atoms with van der Waals surface area (Å²) in [7, 11) is 1.61. The number of rotatable bonds is 6. The summed E-state index contributed by atoms with van der Waals surface area (Å²) in [4.78, 5) is 25.2. The SMILES string of the molecule is CCOc1cc(=O)n2c(c1C(=O)NCc1cccc(OC)c1)CCCC2. The highest BCUT2D eigenvalue weighted by atomic mass is 16.5. The van der Waals surface area contributed by atoms with Gasteiger partial charge >= 0.3 is 0 Å². The van der Waals surface area contributed by atoms with E-state index in [1.165, 1.54) is 6.07 Å². The van der Waals surface area contributed by atoms with Gasteiger partial charge in [0.25, 0.3) is 11.5 Å². The van der Waals surface area contributed by atoms with E-state index in [9.17, 15) is 9.59 Å². The standard InChI is InChI=1S/C20H24N2O4/c1-3-26-17-12-18(23)22-10-5-4-9-16(22)19(17)20(24)21-13-14-7-6-8-15(11-14)25-2/h6-8,11-12H,3-5,9-10,13H2,1-2H3,(H,21,24). The Balaban J connectivity index is 1.89. The summed E-state index contributed by atoms with van der Waals surface area (Å²) in [5, 5.41) is 2.95. The first-order chi connectivity index (χ1) is 12.6. The number of carbonyl (C=O) groups excluding carboxylic acids is 1. The maximum Gasteiger partial charge on any atom is 0.257 e. The Kier molecular flexibility index (Phi) is 5.61. The molecule has 2 aromatic rings. The first-order valence-electron chi connectivity index (χ1n) is 8.94. The van der Waals surface area contributed by atoms with Crippen LogP contribution in [0.2, 0.25) is 0 Å². The Morgan fingerprint density at radius 1 is 1.27 bits per heavy atom. The van der Waals surface area contributed by atoms with Crippen LogP contribution in [0.5, 0.6) is 11.5 Å². The van der Waals surface area contributed by atoms with Crippen molar-refractivity contribution in [3.63, 3.8) is 0 Å². The molecule has 1 amide bonds. The van der Waals surface area contributed by atoms with Crippen molar-refractivity contribution in [2.45, 2.75) is 39.3 Å². The molecule has 1 aliphatic heterocycles. The number of pyridine rings is 1. The number of fused-ring (bicyclic) bond motifs is 1. The van der Waals surface area contributed by atoms with Crippen LogP contribution in [0.1, 0.15) is 41.4 Å². The fourth-order valence-electron chi connectivity index (χ4n) is 3.31. The monoisotopic (exact) mass is 356 g/mol. The Morgan fingerprint density at radius 2 is 2.12 bits per heavy atom. The fourth-order valence-corrected chi connectivity index (χ4v) is 3.31. The third-order valence-corrected chi connectivity index (χ3v) is 4.54. The summed E-state index contributed by atoms with van der Waals surface area (Å²) in [5.41, 5.74) is 2.09. The Morgan fingerprint density at radius 3 is 2.88 bits per heavy atom. The van der Waals surface area contributed by atoms with Gasteiger partial charge < -0.3 is 19.4 Å². The molecule has 0 radical (unpaired) electrons. The molecule has 3 rings (SSSR count). The molecular formula is C20H24N2O4. The molecule has 0 saturated heterocycles. The molecule has 1 aromatic heterocycles. The van der Waals surface area contributed by atoms with E-state index in [1.807, 2.05) is 31.2 Å². The highest BCUT2D eigenvalue weighted by molar-refractivity contribution is 5.98. The van der Waals surface area contributed by atoms with E-state index in [4.69, 9.17) is 9.47 Å². The van der Waals surface area contributed by atoms with Crippen molar-refractivity contribution in [3.8, 4) is 11.5 Å². The van der Waals surface area contributed by atoms with Gasteiger partial charge in [0, 0.05) is 24.8 Å². The molecule has 0 spiro atoms. The lowest BCUT2D eigenvalue weighted by molar-refractivity contribution is 0.0944. The Bertz CT molecular complexity index is 857. The van der Waals surface area contributed by atoms with Crippen LogP contribution in [0.25, 0.3) is 0 Å². The second-order valence-electron chi connectivity index (χ2n) is 6.24. The van der Waals surface area contributed by atoms with Crippen LogP contribution in [-0.2, 0) is 19.5 Å². The smallest absolute Gasteiger partial charge is 0.257 e. The van der Waals surface area contributed by atoms with Gasteiger partial charge in [-0.1, -0.05) is 12.1 Å². The van der Waals surface area contributed by atoms with Crippen LogP contribution in [0, 0.1) is 0 Å². The summed E-state index contributed by atoms with van der Waals surface area (Å²) < 4.78 is 12.5. The zero-order valence-electron chi connectivity index (χ0n) is 15.2. The van der Waals surface area contributed by atoms with Crippen LogP contribution < -0.4 is 20.3 Å². The Hall–Kier alpha value is -2.76. The van der Waals surface area contributed by atoms with Crippen molar-refractivity contribution in [2.24, 2.45) is 0 Å². The van der Waals surface area contributed by atoms with Gasteiger partial charge in [-0.05, 0) is 43.9 Å². The molecule has 0 bridgehead atoms. The minimum atomic E-state index is -0.220. The second kappa shape index (κ2) is 8.08. The molecule has 0 aliphatic carbocycles. The van der Waals surface area contributed by atoms with E-state index in [1.54, 1.807) is 11.7 Å². The number of hydrogen-bond donors (Lipinski definition) is 1. The maximum atomic E-state index is 12.9. The van der Waals surface area contributed by atoms with Crippen molar-refractivity contribution in [1.82, 2.24) is 9.88 Å². The quantitative estimate of drug-likeness (QED) is 0.863. The summed E-state index contributed by atoms with van der Waals surface area (Å²) in [6.45, 7) is 3.27. The normalized spacial score (nSPS) is 13.0. The van der Waals surface area contributed by atoms with Gasteiger partial charge in [0.05, 0.1) is 13.7 Å². The molecule has 1 N–H and O–H groups in total. The number of hydrogen-bond acceptors (Lipinski definition) is 4. The van der Waals surface area contributed by atoms with Crippen LogP contribution in [0.3, 0.4) is 0 Å². The average Bonchev–Trinajstić information content (AvgIpc) is 2.67. The predicted molar refractivity (Wildman–Crippen MR) is 99.0 cm³/mol. The van der Waals surface area contributed by atoms with Gasteiger partial charge in [0.1, 0.15) is 17.1 Å². The number of aromatic nitrogens is 1. The van der Waals surface area contributed by atoms with Gasteiger partial charge in [-0.15, -0.1) is 0 Å². The molecule has 0 saturated carbocycles. The first-order valence-corrected chi connectivity index (χ1v) is 8.94. The number of benzene rings is 1. The molecule has 1 aliphatic rings. The first kappa shape index (κ1) is 18.0. The largest absolute Gasteiger partial charge is 0.497 e. The van der Waals surface area contributed by atoms with Crippen LogP contribution in [-0.4, -0.2) is 24.2 Å². The minimum Gasteiger partial charge on any atom is -0.497 e. The fraction of sp³-hybridized carbons (Fsp3) is 0.400. The van der Waals surface area contributed by atoms with E-state index >= 15 is 0 Å². The molecule has 6 heteroatoms. The van der Waals surface area contributed by atoms with Crippen molar-refractivity contribution >= 4 is 5.91 Å². The van der Waals surface area contributed by atoms with Crippen molar-refractivity contribution < 1.29 is 14.3 Å². The van der Waals surface area contributed by atoms with Crippen molar-refractivity contribution in [1.29, 1.82) is 0 Å². The number of nitrogens with zero attached hydrogens (tertiary/aromatic N) is 1. The average molecular weight is 356 g/mol. The van der Waals surface area contributed by atoms with E-state index in [2.05, 4.69) is 5.32 Å². The lowest BCUT2D eigenvalue weighted by Gasteiger charge is -2.23. The van der Waals surface area contributed by atoms with Gasteiger partial charge in [-0.2, -0.15) is 0 Å². The third-order valence-electron chi connectivity index (χ3n) is 4.54. The van der Waals surface area contributed by atoms with Gasteiger partial charge in [-0.3, -0.25) is 9.59 Å². The van der Waals surface area contributed by atoms with E-state index < -0.39 is 0 Å². The number of methoxy groups -OCH3 is 1. The number of carbonyl (C=O) groups is 1. The zero-order valence-corrected chi connectivity index (χ0v) is 15.2. The summed E-state index contributed by atoms with van der Waals surface area (Å²) in [6.07, 6.45) is 2.62. The number of nitrogens with one attached hydrogen (secondary N) is 1. The van der Waals surface area contributed by atoms with Crippen LogP contribution >= 0.6 is 0 Å². The molecule has 0 unspecified atom stereocenters. The van der Waals surface area contributed by atoms with E-state index in [0.717, 1.165) is 29.8 Å². The highest BCUT2D eigenvalue weighted by Gasteiger charge is 2.24. The van der Waals surface area contributed by atoms with Crippen LogP contribution in [0.15, 0.2) is 35.1 Å².